The molecule has 0 saturated carbocycles. The van der Waals surface area contributed by atoms with Crippen LogP contribution in [0.1, 0.15) is 36.8 Å². The van der Waals surface area contributed by atoms with E-state index in [1.807, 2.05) is 30.2 Å². The SMILES string of the molecule is CCNC(Cc1cnn(CC)c1)c1cnc(C)cn1. The zero-order valence-corrected chi connectivity index (χ0v) is 11.8. The van der Waals surface area contributed by atoms with Crippen LogP contribution in [0, 0.1) is 6.92 Å². The Kier molecular flexibility index (Phi) is 4.63. The Bertz CT molecular complexity index is 503. The Balaban J connectivity index is 2.13. The van der Waals surface area contributed by atoms with Gasteiger partial charge in [0.25, 0.3) is 0 Å². The van der Waals surface area contributed by atoms with Crippen LogP contribution in [-0.4, -0.2) is 26.3 Å². The number of hydrogen-bond acceptors (Lipinski definition) is 4. The minimum Gasteiger partial charge on any atom is -0.309 e. The number of aromatic nitrogens is 4. The molecule has 0 aliphatic rings. The normalized spacial score (nSPS) is 12.6. The van der Waals surface area contributed by atoms with Crippen molar-refractivity contribution in [2.75, 3.05) is 6.54 Å². The van der Waals surface area contributed by atoms with Crippen LogP contribution >= 0.6 is 0 Å². The maximum atomic E-state index is 4.47. The van der Waals surface area contributed by atoms with Gasteiger partial charge >= 0.3 is 0 Å². The van der Waals surface area contributed by atoms with Crippen molar-refractivity contribution in [1.29, 1.82) is 0 Å². The van der Waals surface area contributed by atoms with E-state index < -0.39 is 0 Å². The molecule has 0 radical (unpaired) electrons. The molecule has 0 aliphatic carbocycles. The third kappa shape index (κ3) is 3.61. The third-order valence-electron chi connectivity index (χ3n) is 3.06. The lowest BCUT2D eigenvalue weighted by Gasteiger charge is -2.16. The van der Waals surface area contributed by atoms with Crippen LogP contribution < -0.4 is 5.32 Å². The van der Waals surface area contributed by atoms with Gasteiger partial charge in [-0.05, 0) is 32.4 Å². The average Bonchev–Trinajstić information content (AvgIpc) is 2.87. The average molecular weight is 259 g/mol. The maximum Gasteiger partial charge on any atom is 0.0759 e. The first-order chi connectivity index (χ1) is 9.22. The van der Waals surface area contributed by atoms with Gasteiger partial charge in [0.2, 0.25) is 0 Å². The lowest BCUT2D eigenvalue weighted by Crippen LogP contribution is -2.24. The molecule has 1 atom stereocenters. The lowest BCUT2D eigenvalue weighted by atomic mass is 10.1. The molecule has 5 heteroatoms. The molecule has 2 aromatic rings. The third-order valence-corrected chi connectivity index (χ3v) is 3.06. The molecule has 0 saturated heterocycles. The molecule has 102 valence electrons. The van der Waals surface area contributed by atoms with E-state index in [2.05, 4.69) is 40.4 Å². The summed E-state index contributed by atoms with van der Waals surface area (Å²) in [6.07, 6.45) is 8.56. The van der Waals surface area contributed by atoms with Crippen LogP contribution in [0.5, 0.6) is 0 Å². The monoisotopic (exact) mass is 259 g/mol. The molecular formula is C14H21N5. The fourth-order valence-electron chi connectivity index (χ4n) is 2.03. The van der Waals surface area contributed by atoms with Crippen molar-refractivity contribution < 1.29 is 0 Å². The molecule has 2 rings (SSSR count). The first kappa shape index (κ1) is 13.7. The fraction of sp³-hybridized carbons (Fsp3) is 0.500. The van der Waals surface area contributed by atoms with E-state index in [9.17, 15) is 0 Å². The Labute approximate surface area is 114 Å². The number of hydrogen-bond donors (Lipinski definition) is 1. The molecule has 0 aromatic carbocycles. The van der Waals surface area contributed by atoms with Crippen LogP contribution in [0.25, 0.3) is 0 Å². The summed E-state index contributed by atoms with van der Waals surface area (Å²) in [5, 5.41) is 7.76. The van der Waals surface area contributed by atoms with E-state index in [1.165, 1.54) is 5.56 Å². The second kappa shape index (κ2) is 6.43. The lowest BCUT2D eigenvalue weighted by molar-refractivity contribution is 0.533. The molecule has 0 spiro atoms. The highest BCUT2D eigenvalue weighted by Gasteiger charge is 2.14. The van der Waals surface area contributed by atoms with Crippen molar-refractivity contribution in [3.63, 3.8) is 0 Å². The van der Waals surface area contributed by atoms with Gasteiger partial charge in [-0.2, -0.15) is 5.10 Å². The predicted molar refractivity (Wildman–Crippen MR) is 74.8 cm³/mol. The minimum atomic E-state index is 0.188. The van der Waals surface area contributed by atoms with Crippen molar-refractivity contribution in [1.82, 2.24) is 25.1 Å². The maximum absolute atomic E-state index is 4.47. The van der Waals surface area contributed by atoms with Gasteiger partial charge in [-0.25, -0.2) is 0 Å². The zero-order valence-electron chi connectivity index (χ0n) is 11.8. The highest BCUT2D eigenvalue weighted by Crippen LogP contribution is 2.15. The summed E-state index contributed by atoms with van der Waals surface area (Å²) in [4.78, 5) is 8.79. The van der Waals surface area contributed by atoms with Crippen LogP contribution in [0.2, 0.25) is 0 Å². The topological polar surface area (TPSA) is 55.6 Å². The van der Waals surface area contributed by atoms with E-state index in [0.717, 1.165) is 30.9 Å². The molecule has 19 heavy (non-hydrogen) atoms. The van der Waals surface area contributed by atoms with Gasteiger partial charge in [0, 0.05) is 18.9 Å². The van der Waals surface area contributed by atoms with E-state index >= 15 is 0 Å². The molecule has 1 N–H and O–H groups in total. The van der Waals surface area contributed by atoms with Gasteiger partial charge in [-0.1, -0.05) is 6.92 Å². The van der Waals surface area contributed by atoms with Crippen LogP contribution in [0.3, 0.4) is 0 Å². The second-order valence-corrected chi connectivity index (χ2v) is 4.60. The first-order valence-corrected chi connectivity index (χ1v) is 6.76. The first-order valence-electron chi connectivity index (χ1n) is 6.76. The van der Waals surface area contributed by atoms with Gasteiger partial charge < -0.3 is 5.32 Å². The van der Waals surface area contributed by atoms with Gasteiger partial charge in [0.15, 0.2) is 0 Å². The van der Waals surface area contributed by atoms with Crippen molar-refractivity contribution in [2.24, 2.45) is 0 Å². The predicted octanol–water partition coefficient (Wildman–Crippen LogP) is 1.89. The minimum absolute atomic E-state index is 0.188. The van der Waals surface area contributed by atoms with Gasteiger partial charge in [-0.15, -0.1) is 0 Å². The molecule has 5 nitrogen and oxygen atoms in total. The number of rotatable bonds is 6. The quantitative estimate of drug-likeness (QED) is 0.860. The van der Waals surface area contributed by atoms with Crippen LogP contribution in [-0.2, 0) is 13.0 Å². The van der Waals surface area contributed by atoms with Crippen molar-refractivity contribution in [3.8, 4) is 0 Å². The van der Waals surface area contributed by atoms with E-state index in [4.69, 9.17) is 0 Å². The number of nitrogens with zero attached hydrogens (tertiary/aromatic N) is 4. The molecule has 2 aromatic heterocycles. The Morgan fingerprint density at radius 3 is 2.63 bits per heavy atom. The van der Waals surface area contributed by atoms with Crippen LogP contribution in [0.4, 0.5) is 0 Å². The summed E-state index contributed by atoms with van der Waals surface area (Å²) in [6.45, 7) is 7.94. The van der Waals surface area contributed by atoms with Gasteiger partial charge in [-0.3, -0.25) is 14.6 Å². The highest BCUT2D eigenvalue weighted by atomic mass is 15.3. The largest absolute Gasteiger partial charge is 0.309 e. The molecular weight excluding hydrogens is 238 g/mol. The van der Waals surface area contributed by atoms with E-state index in [-0.39, 0.29) is 6.04 Å². The van der Waals surface area contributed by atoms with Crippen LogP contribution in [0.15, 0.2) is 24.8 Å². The highest BCUT2D eigenvalue weighted by molar-refractivity contribution is 5.13. The Hall–Kier alpha value is -1.75. The van der Waals surface area contributed by atoms with E-state index in [1.54, 1.807) is 0 Å². The molecule has 2 heterocycles. The molecule has 0 aliphatic heterocycles. The van der Waals surface area contributed by atoms with Crippen molar-refractivity contribution in [2.45, 2.75) is 39.8 Å². The number of likely N-dealkylation sites (N-methyl/N-ethyl adjacent to an activating group) is 1. The van der Waals surface area contributed by atoms with Gasteiger partial charge in [0.05, 0.1) is 29.8 Å². The summed E-state index contributed by atoms with van der Waals surface area (Å²) in [5.74, 6) is 0. The van der Waals surface area contributed by atoms with E-state index in [0.29, 0.717) is 0 Å². The Morgan fingerprint density at radius 2 is 2.05 bits per heavy atom. The molecule has 0 fully saturated rings. The standard InChI is InChI=1S/C14H21N5/c1-4-15-13(14-9-16-11(3)7-17-14)6-12-8-18-19(5-2)10-12/h7-10,13,15H,4-6H2,1-3H3. The summed E-state index contributed by atoms with van der Waals surface area (Å²) in [6, 6.07) is 0.188. The van der Waals surface area contributed by atoms with Gasteiger partial charge in [0.1, 0.15) is 0 Å². The molecule has 0 amide bonds. The number of nitrogens with one attached hydrogen (secondary N) is 1. The fourth-order valence-corrected chi connectivity index (χ4v) is 2.03. The Morgan fingerprint density at radius 1 is 1.21 bits per heavy atom. The summed E-state index contributed by atoms with van der Waals surface area (Å²) in [5.41, 5.74) is 3.14. The molecule has 1 unspecified atom stereocenters. The van der Waals surface area contributed by atoms with Crippen molar-refractivity contribution in [3.05, 3.63) is 41.7 Å². The zero-order chi connectivity index (χ0) is 13.7. The second-order valence-electron chi connectivity index (χ2n) is 4.60. The number of aryl methyl sites for hydroxylation is 2. The summed E-state index contributed by atoms with van der Waals surface area (Å²) >= 11 is 0. The summed E-state index contributed by atoms with van der Waals surface area (Å²) < 4.78 is 1.94. The molecule has 0 bridgehead atoms. The smallest absolute Gasteiger partial charge is 0.0759 e. The van der Waals surface area contributed by atoms with Crippen molar-refractivity contribution >= 4 is 0 Å². The summed E-state index contributed by atoms with van der Waals surface area (Å²) in [7, 11) is 0.